The maximum Gasteiger partial charge on any atom is 0.274 e. The van der Waals surface area contributed by atoms with Gasteiger partial charge >= 0.3 is 0 Å². The molecule has 0 saturated heterocycles. The number of carbonyl (C=O) groups is 1. The van der Waals surface area contributed by atoms with E-state index in [1.165, 1.54) is 30.7 Å². The summed E-state index contributed by atoms with van der Waals surface area (Å²) in [6.07, 6.45) is 2.89. The summed E-state index contributed by atoms with van der Waals surface area (Å²) in [6.45, 7) is 6.00. The third-order valence-electron chi connectivity index (χ3n) is 3.46. The average Bonchev–Trinajstić information content (AvgIpc) is 3.07. The number of hydrogen-bond donors (Lipinski definition) is 1. The van der Waals surface area contributed by atoms with Gasteiger partial charge in [-0.05, 0) is 26.0 Å². The highest BCUT2D eigenvalue weighted by Gasteiger charge is 2.14. The molecule has 0 fully saturated rings. The minimum absolute atomic E-state index is 0.117. The van der Waals surface area contributed by atoms with Gasteiger partial charge in [0.2, 0.25) is 17.7 Å². The van der Waals surface area contributed by atoms with Gasteiger partial charge in [0, 0.05) is 6.92 Å². The standard InChI is InChI=1S/C18H19ClN4O4S/c1-4-25-18-23-12-5-6-13(16(19)17(12)28-18)27-15-8-20-14(7-21-15)26-9-10(2)22-11(3)24/h5-8,10H,4,9H2,1-3H3,(H,22,24). The Bertz CT molecular complexity index is 964. The number of benzene rings is 1. The number of thiazole rings is 1. The van der Waals surface area contributed by atoms with Crippen LogP contribution in [0.1, 0.15) is 20.8 Å². The van der Waals surface area contributed by atoms with Crippen LogP contribution in [0.5, 0.6) is 22.7 Å². The van der Waals surface area contributed by atoms with Crippen LogP contribution in [0.15, 0.2) is 24.5 Å². The van der Waals surface area contributed by atoms with Gasteiger partial charge in [0.1, 0.15) is 17.4 Å². The summed E-state index contributed by atoms with van der Waals surface area (Å²) in [5.74, 6) is 0.935. The van der Waals surface area contributed by atoms with Gasteiger partial charge in [-0.3, -0.25) is 4.79 Å². The molecule has 1 unspecified atom stereocenters. The second kappa shape index (κ2) is 9.03. The summed E-state index contributed by atoms with van der Waals surface area (Å²) in [6, 6.07) is 3.40. The van der Waals surface area contributed by atoms with Crippen molar-refractivity contribution < 1.29 is 19.0 Å². The Kier molecular flexibility index (Phi) is 6.48. The largest absolute Gasteiger partial charge is 0.474 e. The van der Waals surface area contributed by atoms with E-state index in [0.29, 0.717) is 28.5 Å². The molecule has 28 heavy (non-hydrogen) atoms. The lowest BCUT2D eigenvalue weighted by molar-refractivity contribution is -0.119. The van der Waals surface area contributed by atoms with Crippen molar-refractivity contribution in [2.75, 3.05) is 13.2 Å². The first-order valence-corrected chi connectivity index (χ1v) is 9.77. The molecule has 1 aromatic carbocycles. The number of nitrogens with zero attached hydrogens (tertiary/aromatic N) is 3. The second-order valence-corrected chi connectivity index (χ2v) is 7.19. The molecule has 0 saturated carbocycles. The van der Waals surface area contributed by atoms with E-state index < -0.39 is 0 Å². The quantitative estimate of drug-likeness (QED) is 0.589. The SMILES string of the molecule is CCOc1nc2ccc(Oc3cnc(OCC(C)NC(C)=O)cn3)c(Cl)c2s1. The van der Waals surface area contributed by atoms with Crippen molar-refractivity contribution in [3.05, 3.63) is 29.5 Å². The molecule has 3 aromatic rings. The molecule has 3 rings (SSSR count). The van der Waals surface area contributed by atoms with Crippen LogP contribution in [0.2, 0.25) is 5.02 Å². The van der Waals surface area contributed by atoms with E-state index in [0.717, 1.165) is 10.2 Å². The van der Waals surface area contributed by atoms with Crippen molar-refractivity contribution in [3.63, 3.8) is 0 Å². The van der Waals surface area contributed by atoms with Crippen LogP contribution in [-0.2, 0) is 4.79 Å². The van der Waals surface area contributed by atoms with Gasteiger partial charge in [-0.1, -0.05) is 22.9 Å². The van der Waals surface area contributed by atoms with Gasteiger partial charge in [-0.25, -0.2) is 15.0 Å². The topological polar surface area (TPSA) is 95.5 Å². The monoisotopic (exact) mass is 422 g/mol. The fourth-order valence-electron chi connectivity index (χ4n) is 2.33. The summed E-state index contributed by atoms with van der Waals surface area (Å²) >= 11 is 7.80. The van der Waals surface area contributed by atoms with Crippen molar-refractivity contribution in [3.8, 4) is 22.7 Å². The highest BCUT2D eigenvalue weighted by Crippen LogP contribution is 2.40. The number of ether oxygens (including phenoxy) is 3. The molecular weight excluding hydrogens is 404 g/mol. The Morgan fingerprint density at radius 1 is 1.25 bits per heavy atom. The Morgan fingerprint density at radius 2 is 2.00 bits per heavy atom. The first-order chi connectivity index (χ1) is 13.5. The minimum atomic E-state index is -0.137. The molecule has 1 N–H and O–H groups in total. The maximum atomic E-state index is 11.0. The molecular formula is C18H19ClN4O4S. The van der Waals surface area contributed by atoms with Crippen LogP contribution >= 0.6 is 22.9 Å². The van der Waals surface area contributed by atoms with Crippen molar-refractivity contribution in [2.24, 2.45) is 0 Å². The molecule has 1 amide bonds. The van der Waals surface area contributed by atoms with E-state index in [-0.39, 0.29) is 24.4 Å². The summed E-state index contributed by atoms with van der Waals surface area (Å²) < 4.78 is 17.4. The predicted molar refractivity (Wildman–Crippen MR) is 107 cm³/mol. The van der Waals surface area contributed by atoms with Gasteiger partial charge in [-0.15, -0.1) is 0 Å². The fraction of sp³-hybridized carbons (Fsp3) is 0.333. The molecule has 0 aliphatic rings. The maximum absolute atomic E-state index is 11.0. The van der Waals surface area contributed by atoms with Gasteiger partial charge < -0.3 is 19.5 Å². The summed E-state index contributed by atoms with van der Waals surface area (Å²) in [5, 5.41) is 3.72. The number of fused-ring (bicyclic) bond motifs is 1. The lowest BCUT2D eigenvalue weighted by atomic mass is 10.3. The number of halogens is 1. The first-order valence-electron chi connectivity index (χ1n) is 8.58. The smallest absolute Gasteiger partial charge is 0.274 e. The van der Waals surface area contributed by atoms with Crippen LogP contribution in [0.3, 0.4) is 0 Å². The average molecular weight is 423 g/mol. The molecule has 10 heteroatoms. The van der Waals surface area contributed by atoms with E-state index in [9.17, 15) is 4.79 Å². The molecule has 8 nitrogen and oxygen atoms in total. The molecule has 1 atom stereocenters. The van der Waals surface area contributed by atoms with E-state index in [1.807, 2.05) is 19.9 Å². The number of nitrogens with one attached hydrogen (secondary N) is 1. The zero-order chi connectivity index (χ0) is 20.1. The van der Waals surface area contributed by atoms with Crippen LogP contribution in [0.25, 0.3) is 10.2 Å². The molecule has 0 bridgehead atoms. The summed E-state index contributed by atoms with van der Waals surface area (Å²) in [7, 11) is 0. The molecule has 2 heterocycles. The third kappa shape index (κ3) is 4.99. The molecule has 0 radical (unpaired) electrons. The van der Waals surface area contributed by atoms with Crippen LogP contribution in [0.4, 0.5) is 0 Å². The van der Waals surface area contributed by atoms with Crippen molar-refractivity contribution >= 4 is 39.1 Å². The zero-order valence-electron chi connectivity index (χ0n) is 15.6. The number of carbonyl (C=O) groups excluding carboxylic acids is 1. The van der Waals surface area contributed by atoms with Crippen molar-refractivity contribution in [1.29, 1.82) is 0 Å². The van der Waals surface area contributed by atoms with E-state index in [2.05, 4.69) is 20.3 Å². The minimum Gasteiger partial charge on any atom is -0.474 e. The normalized spacial score (nSPS) is 11.9. The van der Waals surface area contributed by atoms with Gasteiger partial charge in [-0.2, -0.15) is 0 Å². The highest BCUT2D eigenvalue weighted by atomic mass is 35.5. The third-order valence-corrected chi connectivity index (χ3v) is 4.95. The zero-order valence-corrected chi connectivity index (χ0v) is 17.1. The van der Waals surface area contributed by atoms with Crippen LogP contribution in [0, 0.1) is 0 Å². The highest BCUT2D eigenvalue weighted by molar-refractivity contribution is 7.20. The number of aromatic nitrogens is 3. The fourth-order valence-corrected chi connectivity index (χ4v) is 3.55. The summed E-state index contributed by atoms with van der Waals surface area (Å²) in [5.41, 5.74) is 0.744. The molecule has 2 aromatic heterocycles. The first kappa shape index (κ1) is 20.1. The van der Waals surface area contributed by atoms with Gasteiger partial charge in [0.15, 0.2) is 0 Å². The van der Waals surface area contributed by atoms with Crippen molar-refractivity contribution in [1.82, 2.24) is 20.3 Å². The van der Waals surface area contributed by atoms with Crippen molar-refractivity contribution in [2.45, 2.75) is 26.8 Å². The van der Waals surface area contributed by atoms with Crippen LogP contribution in [-0.4, -0.2) is 40.1 Å². The van der Waals surface area contributed by atoms with E-state index in [1.54, 1.807) is 6.07 Å². The van der Waals surface area contributed by atoms with Gasteiger partial charge in [0.05, 0.1) is 35.3 Å². The number of hydrogen-bond acceptors (Lipinski definition) is 8. The molecule has 0 spiro atoms. The molecule has 0 aliphatic heterocycles. The Balaban J connectivity index is 1.66. The Morgan fingerprint density at radius 3 is 2.68 bits per heavy atom. The summed E-state index contributed by atoms with van der Waals surface area (Å²) in [4.78, 5) is 23.7. The second-order valence-electron chi connectivity index (χ2n) is 5.85. The molecule has 148 valence electrons. The number of amides is 1. The Labute approximate surface area is 170 Å². The van der Waals surface area contributed by atoms with Gasteiger partial charge in [0.25, 0.3) is 5.19 Å². The predicted octanol–water partition coefficient (Wildman–Crippen LogP) is 3.83. The van der Waals surface area contributed by atoms with E-state index >= 15 is 0 Å². The molecule has 0 aliphatic carbocycles. The lowest BCUT2D eigenvalue weighted by Gasteiger charge is -2.13. The lowest BCUT2D eigenvalue weighted by Crippen LogP contribution is -2.35. The number of rotatable bonds is 8. The van der Waals surface area contributed by atoms with E-state index in [4.69, 9.17) is 25.8 Å². The van der Waals surface area contributed by atoms with Crippen LogP contribution < -0.4 is 19.5 Å². The Hall–Kier alpha value is -2.65.